The summed E-state index contributed by atoms with van der Waals surface area (Å²) >= 11 is 0. The average Bonchev–Trinajstić information content (AvgIpc) is 2.70. The van der Waals surface area contributed by atoms with E-state index in [1.165, 1.54) is 70.6 Å². The van der Waals surface area contributed by atoms with Crippen LogP contribution >= 0.6 is 0 Å². The van der Waals surface area contributed by atoms with Crippen LogP contribution < -0.4 is 0 Å². The standard InChI is InChI=1S/C23H44O5/c1-2-3-4-5-6-7-8-9-10-11-12-13-14-15-16-17-27-21-19-28-20(18-24)22(25)23(21)26/h5-6,20-26H,2-4,7-19H2,1H3/b6-5+/t20-,21+,22-,23-/m1/s1. The summed E-state index contributed by atoms with van der Waals surface area (Å²) in [7, 11) is 0. The molecule has 0 aromatic rings. The van der Waals surface area contributed by atoms with Crippen LogP contribution in [0.1, 0.15) is 90.4 Å². The number of aliphatic hydroxyl groups is 3. The molecule has 0 saturated carbocycles. The third kappa shape index (κ3) is 11.5. The van der Waals surface area contributed by atoms with Gasteiger partial charge in [-0.05, 0) is 25.7 Å². The molecule has 0 radical (unpaired) electrons. The lowest BCUT2D eigenvalue weighted by Crippen LogP contribution is -2.55. The second-order valence-electron chi connectivity index (χ2n) is 8.03. The fraction of sp³-hybridized carbons (Fsp3) is 0.913. The Morgan fingerprint density at radius 2 is 1.39 bits per heavy atom. The highest BCUT2D eigenvalue weighted by molar-refractivity contribution is 4.87. The molecule has 3 N–H and O–H groups in total. The predicted octanol–water partition coefficient (Wildman–Crippen LogP) is 4.13. The van der Waals surface area contributed by atoms with E-state index in [0.29, 0.717) is 6.61 Å². The van der Waals surface area contributed by atoms with Gasteiger partial charge in [0, 0.05) is 6.61 Å². The molecular formula is C23H44O5. The van der Waals surface area contributed by atoms with Crippen LogP contribution in [0.2, 0.25) is 0 Å². The lowest BCUT2D eigenvalue weighted by atomic mass is 10.0. The van der Waals surface area contributed by atoms with Crippen molar-refractivity contribution in [2.75, 3.05) is 19.8 Å². The molecule has 0 aromatic heterocycles. The molecule has 1 aliphatic rings. The molecule has 28 heavy (non-hydrogen) atoms. The second kappa shape index (κ2) is 17.4. The van der Waals surface area contributed by atoms with Gasteiger partial charge in [0.15, 0.2) is 0 Å². The summed E-state index contributed by atoms with van der Waals surface area (Å²) in [6, 6.07) is 0. The molecule has 1 fully saturated rings. The second-order valence-corrected chi connectivity index (χ2v) is 8.03. The van der Waals surface area contributed by atoms with E-state index < -0.39 is 24.4 Å². The van der Waals surface area contributed by atoms with E-state index in [4.69, 9.17) is 14.6 Å². The molecular weight excluding hydrogens is 356 g/mol. The van der Waals surface area contributed by atoms with Crippen LogP contribution in [0.3, 0.4) is 0 Å². The summed E-state index contributed by atoms with van der Waals surface area (Å²) in [6.07, 6.45) is 17.8. The zero-order valence-corrected chi connectivity index (χ0v) is 17.9. The van der Waals surface area contributed by atoms with Gasteiger partial charge in [0.05, 0.1) is 13.2 Å². The average molecular weight is 401 g/mol. The van der Waals surface area contributed by atoms with Crippen molar-refractivity contribution in [2.24, 2.45) is 0 Å². The minimum atomic E-state index is -1.08. The lowest BCUT2D eigenvalue weighted by molar-refractivity contribution is -0.208. The van der Waals surface area contributed by atoms with Crippen LogP contribution in [0.25, 0.3) is 0 Å². The minimum Gasteiger partial charge on any atom is -0.394 e. The zero-order valence-electron chi connectivity index (χ0n) is 17.9. The SMILES string of the molecule is CCCC/C=C/CCCCCCCCCCCO[C@H]1CO[C@H](CO)[C@@H](O)[C@@H]1O. The maximum atomic E-state index is 9.99. The van der Waals surface area contributed by atoms with Gasteiger partial charge in [-0.25, -0.2) is 0 Å². The molecule has 1 aliphatic heterocycles. The molecule has 1 saturated heterocycles. The highest BCUT2D eigenvalue weighted by Crippen LogP contribution is 2.18. The molecule has 166 valence electrons. The number of hydrogen-bond acceptors (Lipinski definition) is 5. The predicted molar refractivity (Wildman–Crippen MR) is 113 cm³/mol. The topological polar surface area (TPSA) is 79.2 Å². The van der Waals surface area contributed by atoms with Gasteiger partial charge in [0.1, 0.15) is 24.4 Å². The maximum Gasteiger partial charge on any atom is 0.111 e. The molecule has 0 aliphatic carbocycles. The van der Waals surface area contributed by atoms with Gasteiger partial charge in [-0.1, -0.05) is 76.9 Å². The smallest absolute Gasteiger partial charge is 0.111 e. The summed E-state index contributed by atoms with van der Waals surface area (Å²) in [4.78, 5) is 0. The third-order valence-electron chi connectivity index (χ3n) is 5.50. The number of aliphatic hydroxyl groups excluding tert-OH is 3. The van der Waals surface area contributed by atoms with Crippen LogP contribution in [0.4, 0.5) is 0 Å². The largest absolute Gasteiger partial charge is 0.394 e. The molecule has 0 amide bonds. The first kappa shape index (κ1) is 25.6. The number of ether oxygens (including phenoxy) is 2. The highest BCUT2D eigenvalue weighted by atomic mass is 16.6. The first-order valence-corrected chi connectivity index (χ1v) is 11.6. The van der Waals surface area contributed by atoms with Crippen molar-refractivity contribution in [3.05, 3.63) is 12.2 Å². The third-order valence-corrected chi connectivity index (χ3v) is 5.50. The van der Waals surface area contributed by atoms with Gasteiger partial charge in [-0.15, -0.1) is 0 Å². The van der Waals surface area contributed by atoms with E-state index in [2.05, 4.69) is 19.1 Å². The number of hydrogen-bond donors (Lipinski definition) is 3. The van der Waals surface area contributed by atoms with Crippen LogP contribution in [0.5, 0.6) is 0 Å². The van der Waals surface area contributed by atoms with E-state index in [1.54, 1.807) is 0 Å². The Labute approximate surface area is 172 Å². The van der Waals surface area contributed by atoms with Crippen molar-refractivity contribution in [3.63, 3.8) is 0 Å². The molecule has 1 heterocycles. The van der Waals surface area contributed by atoms with E-state index in [-0.39, 0.29) is 13.2 Å². The normalized spacial score (nSPS) is 25.6. The van der Waals surface area contributed by atoms with E-state index >= 15 is 0 Å². The molecule has 0 bridgehead atoms. The molecule has 5 heteroatoms. The Morgan fingerprint density at radius 3 is 2.00 bits per heavy atom. The van der Waals surface area contributed by atoms with Gasteiger partial charge in [-0.3, -0.25) is 0 Å². The lowest BCUT2D eigenvalue weighted by Gasteiger charge is -2.36. The highest BCUT2D eigenvalue weighted by Gasteiger charge is 2.38. The number of unbranched alkanes of at least 4 members (excludes halogenated alkanes) is 11. The zero-order chi connectivity index (χ0) is 20.5. The van der Waals surface area contributed by atoms with Crippen LogP contribution in [-0.2, 0) is 9.47 Å². The van der Waals surface area contributed by atoms with Crippen LogP contribution in [0, 0.1) is 0 Å². The van der Waals surface area contributed by atoms with Crippen molar-refractivity contribution >= 4 is 0 Å². The van der Waals surface area contributed by atoms with Crippen LogP contribution in [-0.4, -0.2) is 59.6 Å². The Bertz CT molecular complexity index is 374. The molecule has 0 unspecified atom stereocenters. The summed E-state index contributed by atoms with van der Waals surface area (Å²) < 4.78 is 11.0. The Hall–Kier alpha value is -0.460. The first-order chi connectivity index (χ1) is 13.7. The quantitative estimate of drug-likeness (QED) is 0.253. The summed E-state index contributed by atoms with van der Waals surface area (Å²) in [5.74, 6) is 0. The number of allylic oxidation sites excluding steroid dienone is 2. The van der Waals surface area contributed by atoms with Crippen LogP contribution in [0.15, 0.2) is 12.2 Å². The fourth-order valence-electron chi connectivity index (χ4n) is 3.56. The first-order valence-electron chi connectivity index (χ1n) is 11.6. The molecule has 4 atom stereocenters. The summed E-state index contributed by atoms with van der Waals surface area (Å²) in [5.41, 5.74) is 0. The van der Waals surface area contributed by atoms with Crippen molar-refractivity contribution in [1.29, 1.82) is 0 Å². The van der Waals surface area contributed by atoms with E-state index in [1.807, 2.05) is 0 Å². The Morgan fingerprint density at radius 1 is 0.821 bits per heavy atom. The van der Waals surface area contributed by atoms with Crippen molar-refractivity contribution < 1.29 is 24.8 Å². The van der Waals surface area contributed by atoms with Gasteiger partial charge >= 0.3 is 0 Å². The van der Waals surface area contributed by atoms with Gasteiger partial charge in [0.2, 0.25) is 0 Å². The summed E-state index contributed by atoms with van der Waals surface area (Å²) in [6.45, 7) is 2.74. The Balaban J connectivity index is 1.84. The van der Waals surface area contributed by atoms with Crippen molar-refractivity contribution in [1.82, 2.24) is 0 Å². The monoisotopic (exact) mass is 400 g/mol. The van der Waals surface area contributed by atoms with E-state index in [9.17, 15) is 10.2 Å². The van der Waals surface area contributed by atoms with Gasteiger partial charge in [-0.2, -0.15) is 0 Å². The molecule has 0 spiro atoms. The van der Waals surface area contributed by atoms with Gasteiger partial charge < -0.3 is 24.8 Å². The minimum absolute atomic E-state index is 0.220. The maximum absolute atomic E-state index is 9.99. The molecule has 1 rings (SSSR count). The van der Waals surface area contributed by atoms with Gasteiger partial charge in [0.25, 0.3) is 0 Å². The number of rotatable bonds is 17. The summed E-state index contributed by atoms with van der Waals surface area (Å²) in [5, 5.41) is 28.9. The Kier molecular flexibility index (Phi) is 15.9. The van der Waals surface area contributed by atoms with Crippen molar-refractivity contribution in [2.45, 2.75) is 115 Å². The van der Waals surface area contributed by atoms with E-state index in [0.717, 1.165) is 12.8 Å². The fourth-order valence-corrected chi connectivity index (χ4v) is 3.56. The molecule has 0 aromatic carbocycles. The van der Waals surface area contributed by atoms with Crippen molar-refractivity contribution in [3.8, 4) is 0 Å². The molecule has 5 nitrogen and oxygen atoms in total.